The van der Waals surface area contributed by atoms with Crippen LogP contribution in [0, 0.1) is 0 Å². The molecule has 1 nitrogen and oxygen atoms in total. The summed E-state index contributed by atoms with van der Waals surface area (Å²) < 4.78 is 0. The largest absolute Gasteiger partial charge is 0.306 e. The van der Waals surface area contributed by atoms with Crippen LogP contribution in [-0.4, -0.2) is 6.54 Å². The van der Waals surface area contributed by atoms with E-state index in [4.69, 9.17) is 23.2 Å². The van der Waals surface area contributed by atoms with Crippen LogP contribution in [0.2, 0.25) is 10.0 Å². The van der Waals surface area contributed by atoms with Crippen LogP contribution in [0.5, 0.6) is 0 Å². The first-order valence-corrected chi connectivity index (χ1v) is 7.20. The number of halogens is 2. The van der Waals surface area contributed by atoms with Crippen LogP contribution in [0.3, 0.4) is 0 Å². The quantitative estimate of drug-likeness (QED) is 0.810. The lowest BCUT2D eigenvalue weighted by atomic mass is 9.98. The molecule has 0 aromatic heterocycles. The predicted octanol–water partition coefficient (Wildman–Crippen LogP) is 5.08. The molecule has 0 aliphatic rings. The molecule has 3 heteroatoms. The van der Waals surface area contributed by atoms with Crippen LogP contribution in [-0.2, 0) is 0 Å². The summed E-state index contributed by atoms with van der Waals surface area (Å²) in [6.07, 6.45) is 1.08. The zero-order chi connectivity index (χ0) is 13.7. The second-order valence-electron chi connectivity index (χ2n) is 4.50. The van der Waals surface area contributed by atoms with Crippen molar-refractivity contribution < 1.29 is 0 Å². The molecular formula is C16H17Cl2N. The van der Waals surface area contributed by atoms with Crippen molar-refractivity contribution in [2.45, 2.75) is 19.4 Å². The molecule has 0 fully saturated rings. The Morgan fingerprint density at radius 3 is 2.16 bits per heavy atom. The minimum Gasteiger partial charge on any atom is -0.306 e. The van der Waals surface area contributed by atoms with E-state index in [0.717, 1.165) is 18.5 Å². The Balaban J connectivity index is 2.36. The summed E-state index contributed by atoms with van der Waals surface area (Å²) in [5, 5.41) is 4.88. The van der Waals surface area contributed by atoms with E-state index in [1.165, 1.54) is 5.56 Å². The van der Waals surface area contributed by atoms with Gasteiger partial charge in [0.05, 0.1) is 6.04 Å². The van der Waals surface area contributed by atoms with Crippen LogP contribution in [0.25, 0.3) is 0 Å². The van der Waals surface area contributed by atoms with Crippen LogP contribution in [0.1, 0.15) is 30.5 Å². The maximum absolute atomic E-state index is 6.10. The molecule has 1 atom stereocenters. The van der Waals surface area contributed by atoms with Crippen LogP contribution in [0.15, 0.2) is 48.5 Å². The molecule has 19 heavy (non-hydrogen) atoms. The van der Waals surface area contributed by atoms with E-state index in [1.807, 2.05) is 30.3 Å². The maximum Gasteiger partial charge on any atom is 0.0577 e. The molecular weight excluding hydrogens is 277 g/mol. The normalized spacial score (nSPS) is 12.4. The molecule has 0 aliphatic carbocycles. The van der Waals surface area contributed by atoms with Gasteiger partial charge in [-0.2, -0.15) is 0 Å². The zero-order valence-electron chi connectivity index (χ0n) is 10.9. The van der Waals surface area contributed by atoms with Crippen LogP contribution < -0.4 is 5.32 Å². The first kappa shape index (κ1) is 14.4. The Labute approximate surface area is 124 Å². The average molecular weight is 294 g/mol. The fourth-order valence-corrected chi connectivity index (χ4v) is 2.65. The van der Waals surface area contributed by atoms with Gasteiger partial charge in [-0.25, -0.2) is 0 Å². The highest BCUT2D eigenvalue weighted by Gasteiger charge is 2.14. The number of hydrogen-bond acceptors (Lipinski definition) is 1. The number of nitrogens with one attached hydrogen (secondary N) is 1. The highest BCUT2D eigenvalue weighted by Crippen LogP contribution is 2.27. The summed E-state index contributed by atoms with van der Waals surface area (Å²) in [4.78, 5) is 0. The number of benzene rings is 2. The van der Waals surface area contributed by atoms with E-state index in [1.54, 1.807) is 6.07 Å². The topological polar surface area (TPSA) is 12.0 Å². The molecule has 0 bridgehead atoms. The molecule has 2 aromatic rings. The third kappa shape index (κ3) is 3.97. The van der Waals surface area contributed by atoms with Gasteiger partial charge in [0.2, 0.25) is 0 Å². The molecule has 0 saturated carbocycles. The van der Waals surface area contributed by atoms with Crippen molar-refractivity contribution >= 4 is 23.2 Å². The van der Waals surface area contributed by atoms with E-state index in [9.17, 15) is 0 Å². The van der Waals surface area contributed by atoms with E-state index >= 15 is 0 Å². The highest BCUT2D eigenvalue weighted by atomic mass is 35.5. The van der Waals surface area contributed by atoms with Gasteiger partial charge in [-0.05, 0) is 42.3 Å². The fourth-order valence-electron chi connectivity index (χ4n) is 2.10. The van der Waals surface area contributed by atoms with Crippen LogP contribution >= 0.6 is 23.2 Å². The Bertz CT molecular complexity index is 505. The summed E-state index contributed by atoms with van der Waals surface area (Å²) in [6, 6.07) is 16.1. The molecule has 1 N–H and O–H groups in total. The Kier molecular flexibility index (Phi) is 5.26. The van der Waals surface area contributed by atoms with Gasteiger partial charge in [0, 0.05) is 10.0 Å². The van der Waals surface area contributed by atoms with Crippen molar-refractivity contribution in [1.29, 1.82) is 0 Å². The second kappa shape index (κ2) is 6.95. The molecule has 0 spiro atoms. The summed E-state index contributed by atoms with van der Waals surface area (Å²) >= 11 is 12.2. The summed E-state index contributed by atoms with van der Waals surface area (Å²) in [5.41, 5.74) is 2.31. The van der Waals surface area contributed by atoms with Gasteiger partial charge in [-0.3, -0.25) is 0 Å². The van der Waals surface area contributed by atoms with Crippen molar-refractivity contribution in [1.82, 2.24) is 5.32 Å². The van der Waals surface area contributed by atoms with E-state index in [-0.39, 0.29) is 6.04 Å². The van der Waals surface area contributed by atoms with Gasteiger partial charge >= 0.3 is 0 Å². The Morgan fingerprint density at radius 2 is 1.58 bits per heavy atom. The Hall–Kier alpha value is -1.02. The summed E-state index contributed by atoms with van der Waals surface area (Å²) in [6.45, 7) is 3.10. The van der Waals surface area contributed by atoms with Gasteiger partial charge in [-0.15, -0.1) is 0 Å². The van der Waals surface area contributed by atoms with E-state index < -0.39 is 0 Å². The minimum absolute atomic E-state index is 0.123. The standard InChI is InChI=1S/C16H17Cl2N/c1-2-8-19-16(12-6-4-3-5-7-12)13-9-14(17)11-15(18)10-13/h3-7,9-11,16,19H,2,8H2,1H3. The molecule has 0 saturated heterocycles. The predicted molar refractivity (Wildman–Crippen MR) is 83.0 cm³/mol. The maximum atomic E-state index is 6.10. The van der Waals surface area contributed by atoms with Crippen LogP contribution in [0.4, 0.5) is 0 Å². The number of hydrogen-bond donors (Lipinski definition) is 1. The van der Waals surface area contributed by atoms with E-state index in [0.29, 0.717) is 10.0 Å². The molecule has 0 aliphatic heterocycles. The van der Waals surface area contributed by atoms with E-state index in [2.05, 4.69) is 24.4 Å². The fraction of sp³-hybridized carbons (Fsp3) is 0.250. The molecule has 0 heterocycles. The molecule has 2 rings (SSSR count). The van der Waals surface area contributed by atoms with Gasteiger partial charge in [0.15, 0.2) is 0 Å². The van der Waals surface area contributed by atoms with Crippen molar-refractivity contribution in [3.8, 4) is 0 Å². The monoisotopic (exact) mass is 293 g/mol. The Morgan fingerprint density at radius 1 is 0.947 bits per heavy atom. The van der Waals surface area contributed by atoms with Crippen molar-refractivity contribution in [2.75, 3.05) is 6.54 Å². The molecule has 2 aromatic carbocycles. The average Bonchev–Trinajstić information content (AvgIpc) is 2.39. The van der Waals surface area contributed by atoms with Gasteiger partial charge in [0.25, 0.3) is 0 Å². The SMILES string of the molecule is CCCNC(c1ccccc1)c1cc(Cl)cc(Cl)c1. The summed E-state index contributed by atoms with van der Waals surface area (Å²) in [7, 11) is 0. The third-order valence-electron chi connectivity index (χ3n) is 2.95. The van der Waals surface area contributed by atoms with Crippen molar-refractivity contribution in [3.05, 3.63) is 69.7 Å². The molecule has 0 amide bonds. The second-order valence-corrected chi connectivity index (χ2v) is 5.37. The lowest BCUT2D eigenvalue weighted by Crippen LogP contribution is -2.23. The van der Waals surface area contributed by atoms with Gasteiger partial charge in [-0.1, -0.05) is 60.5 Å². The lowest BCUT2D eigenvalue weighted by Gasteiger charge is -2.20. The zero-order valence-corrected chi connectivity index (χ0v) is 12.4. The number of rotatable bonds is 5. The highest BCUT2D eigenvalue weighted by molar-refractivity contribution is 6.34. The van der Waals surface area contributed by atoms with Crippen molar-refractivity contribution in [3.63, 3.8) is 0 Å². The third-order valence-corrected chi connectivity index (χ3v) is 3.39. The van der Waals surface area contributed by atoms with Gasteiger partial charge in [0.1, 0.15) is 0 Å². The molecule has 1 unspecified atom stereocenters. The van der Waals surface area contributed by atoms with Gasteiger partial charge < -0.3 is 5.32 Å². The van der Waals surface area contributed by atoms with Crippen molar-refractivity contribution in [2.24, 2.45) is 0 Å². The lowest BCUT2D eigenvalue weighted by molar-refractivity contribution is 0.598. The molecule has 100 valence electrons. The minimum atomic E-state index is 0.123. The first-order chi connectivity index (χ1) is 9.20. The first-order valence-electron chi connectivity index (χ1n) is 6.45. The smallest absolute Gasteiger partial charge is 0.0577 e. The molecule has 0 radical (unpaired) electrons. The summed E-state index contributed by atoms with van der Waals surface area (Å²) in [5.74, 6) is 0.